The number of hydrogen-bond acceptors (Lipinski definition) is 6. The molecule has 1 unspecified atom stereocenters. The lowest BCUT2D eigenvalue weighted by Crippen LogP contribution is -2.47. The summed E-state index contributed by atoms with van der Waals surface area (Å²) in [5.74, 6) is -0.731. The second-order valence-electron chi connectivity index (χ2n) is 7.95. The van der Waals surface area contributed by atoms with E-state index in [2.05, 4.69) is 15.6 Å². The molecule has 1 atom stereocenters. The molecule has 3 rings (SSSR count). The largest absolute Gasteiger partial charge is 0.445 e. The van der Waals surface area contributed by atoms with Gasteiger partial charge in [0, 0.05) is 31.7 Å². The quantitative estimate of drug-likeness (QED) is 0.431. The van der Waals surface area contributed by atoms with E-state index in [-0.39, 0.29) is 25.3 Å². The van der Waals surface area contributed by atoms with Crippen LogP contribution in [0.5, 0.6) is 0 Å². The summed E-state index contributed by atoms with van der Waals surface area (Å²) >= 11 is 0. The van der Waals surface area contributed by atoms with Gasteiger partial charge >= 0.3 is 6.09 Å². The van der Waals surface area contributed by atoms with E-state index in [0.717, 1.165) is 22.9 Å². The maximum atomic E-state index is 12.8. The number of hydrogen-bond donors (Lipinski definition) is 2. The van der Waals surface area contributed by atoms with E-state index in [1.165, 1.54) is 0 Å². The molecule has 180 valence electrons. The third-order valence-corrected chi connectivity index (χ3v) is 5.96. The fourth-order valence-electron chi connectivity index (χ4n) is 3.25. The Morgan fingerprint density at radius 2 is 1.79 bits per heavy atom. The van der Waals surface area contributed by atoms with Gasteiger partial charge in [-0.2, -0.15) is 0 Å². The predicted octanol–water partition coefficient (Wildman–Crippen LogP) is 2.28. The van der Waals surface area contributed by atoms with Gasteiger partial charge in [-0.1, -0.05) is 54.6 Å². The van der Waals surface area contributed by atoms with E-state index in [1.54, 1.807) is 12.5 Å². The van der Waals surface area contributed by atoms with Crippen LogP contribution in [0, 0.1) is 0 Å². The lowest BCUT2D eigenvalue weighted by Gasteiger charge is -2.18. The summed E-state index contributed by atoms with van der Waals surface area (Å²) in [7, 11) is -3.32. The van der Waals surface area contributed by atoms with Crippen LogP contribution in [0.1, 0.15) is 23.1 Å². The summed E-state index contributed by atoms with van der Waals surface area (Å²) in [5, 5.41) is 5.27. The average Bonchev–Trinajstić information content (AvgIpc) is 3.32. The molecule has 0 spiro atoms. The van der Waals surface area contributed by atoms with Crippen molar-refractivity contribution in [3.63, 3.8) is 0 Å². The van der Waals surface area contributed by atoms with Crippen molar-refractivity contribution in [1.82, 2.24) is 20.2 Å². The highest BCUT2D eigenvalue weighted by Crippen LogP contribution is 2.08. The van der Waals surface area contributed by atoms with Gasteiger partial charge in [0.15, 0.2) is 0 Å². The molecule has 0 saturated heterocycles. The number of alkyl carbamates (subject to hydrolysis) is 1. The SMILES string of the molecule is CS(=O)(=O)CCC(NC(=O)OCc1ccccc1)C(=O)NCc1cccc(Cn2ccnc2)c1. The van der Waals surface area contributed by atoms with Crippen LogP contribution >= 0.6 is 0 Å². The van der Waals surface area contributed by atoms with Gasteiger partial charge < -0.3 is 19.9 Å². The Bertz CT molecular complexity index is 1180. The first-order valence-corrected chi connectivity index (χ1v) is 12.8. The summed E-state index contributed by atoms with van der Waals surface area (Å²) in [5.41, 5.74) is 2.71. The van der Waals surface area contributed by atoms with E-state index >= 15 is 0 Å². The van der Waals surface area contributed by atoms with E-state index in [0.29, 0.717) is 6.54 Å². The van der Waals surface area contributed by atoms with E-state index in [1.807, 2.05) is 65.4 Å². The van der Waals surface area contributed by atoms with E-state index in [9.17, 15) is 18.0 Å². The smallest absolute Gasteiger partial charge is 0.408 e. The molecule has 0 radical (unpaired) electrons. The molecule has 3 aromatic rings. The molecular weight excluding hydrogens is 456 g/mol. The number of rotatable bonds is 11. The van der Waals surface area contributed by atoms with Crippen LogP contribution in [0.25, 0.3) is 0 Å². The van der Waals surface area contributed by atoms with Crippen LogP contribution in [-0.4, -0.2) is 48.0 Å². The molecule has 0 fully saturated rings. The molecule has 34 heavy (non-hydrogen) atoms. The zero-order chi connectivity index (χ0) is 24.4. The van der Waals surface area contributed by atoms with Crippen molar-refractivity contribution in [2.45, 2.75) is 32.2 Å². The molecule has 2 aromatic carbocycles. The van der Waals surface area contributed by atoms with Gasteiger partial charge in [-0.05, 0) is 23.1 Å². The standard InChI is InChI=1S/C24H28N4O5S/c1-34(31,32)13-10-22(27-24(30)33-17-19-6-3-2-4-7-19)23(29)26-15-20-8-5-9-21(14-20)16-28-12-11-25-18-28/h2-9,11-12,14,18,22H,10,13,15-17H2,1H3,(H,26,29)(H,27,30). The van der Waals surface area contributed by atoms with Crippen LogP contribution in [0.3, 0.4) is 0 Å². The van der Waals surface area contributed by atoms with Crippen molar-refractivity contribution in [3.05, 3.63) is 90.0 Å². The molecule has 0 bridgehead atoms. The summed E-state index contributed by atoms with van der Waals surface area (Å²) in [4.78, 5) is 29.1. The number of carbonyl (C=O) groups is 2. The summed E-state index contributed by atoms with van der Waals surface area (Å²) < 4.78 is 30.4. The van der Waals surface area contributed by atoms with Crippen molar-refractivity contribution < 1.29 is 22.7 Å². The van der Waals surface area contributed by atoms with Gasteiger partial charge in [0.1, 0.15) is 22.5 Å². The van der Waals surface area contributed by atoms with E-state index < -0.39 is 27.9 Å². The Balaban J connectivity index is 1.57. The third-order valence-electron chi connectivity index (χ3n) is 4.98. The first-order chi connectivity index (χ1) is 16.3. The minimum atomic E-state index is -3.32. The topological polar surface area (TPSA) is 119 Å². The van der Waals surface area contributed by atoms with Crippen LogP contribution < -0.4 is 10.6 Å². The molecule has 0 aliphatic carbocycles. The molecule has 2 amide bonds. The lowest BCUT2D eigenvalue weighted by molar-refractivity contribution is -0.123. The van der Waals surface area contributed by atoms with Crippen LogP contribution in [-0.2, 0) is 39.1 Å². The molecule has 2 N–H and O–H groups in total. The van der Waals surface area contributed by atoms with Gasteiger partial charge in [0.05, 0.1) is 12.1 Å². The average molecular weight is 485 g/mol. The van der Waals surface area contributed by atoms with Crippen molar-refractivity contribution in [2.24, 2.45) is 0 Å². The Kier molecular flexibility index (Phi) is 8.80. The summed E-state index contributed by atoms with van der Waals surface area (Å²) in [6.07, 6.45) is 5.53. The number of sulfone groups is 1. The van der Waals surface area contributed by atoms with E-state index in [4.69, 9.17) is 4.74 Å². The number of nitrogens with one attached hydrogen (secondary N) is 2. The normalized spacial score (nSPS) is 12.0. The van der Waals surface area contributed by atoms with Gasteiger partial charge in [-0.15, -0.1) is 0 Å². The molecule has 10 heteroatoms. The second-order valence-corrected chi connectivity index (χ2v) is 10.2. The van der Waals surface area contributed by atoms with Crippen molar-refractivity contribution >= 4 is 21.8 Å². The summed E-state index contributed by atoms with van der Waals surface area (Å²) in [6, 6.07) is 15.8. The van der Waals surface area contributed by atoms with Gasteiger partial charge in [0.2, 0.25) is 5.91 Å². The Labute approximate surface area is 199 Å². The zero-order valence-electron chi connectivity index (χ0n) is 18.9. The Hall–Kier alpha value is -3.66. The number of benzene rings is 2. The highest BCUT2D eigenvalue weighted by molar-refractivity contribution is 7.90. The fourth-order valence-corrected chi connectivity index (χ4v) is 3.91. The first-order valence-electron chi connectivity index (χ1n) is 10.7. The Morgan fingerprint density at radius 1 is 1.06 bits per heavy atom. The number of amides is 2. The fraction of sp³-hybridized carbons (Fsp3) is 0.292. The van der Waals surface area contributed by atoms with Crippen LogP contribution in [0.4, 0.5) is 4.79 Å². The van der Waals surface area contributed by atoms with Crippen molar-refractivity contribution in [1.29, 1.82) is 0 Å². The van der Waals surface area contributed by atoms with Crippen molar-refractivity contribution in [2.75, 3.05) is 12.0 Å². The minimum Gasteiger partial charge on any atom is -0.445 e. The number of ether oxygens (including phenoxy) is 1. The molecule has 1 aromatic heterocycles. The van der Waals surface area contributed by atoms with Gasteiger partial charge in [-0.25, -0.2) is 18.2 Å². The van der Waals surface area contributed by atoms with Gasteiger partial charge in [0.25, 0.3) is 0 Å². The highest BCUT2D eigenvalue weighted by Gasteiger charge is 2.23. The molecular formula is C24H28N4O5S. The number of aromatic nitrogens is 2. The molecule has 1 heterocycles. The number of carbonyl (C=O) groups excluding carboxylic acids is 2. The Morgan fingerprint density at radius 3 is 2.50 bits per heavy atom. The lowest BCUT2D eigenvalue weighted by atomic mass is 10.1. The number of imidazole rings is 1. The molecule has 9 nitrogen and oxygen atoms in total. The predicted molar refractivity (Wildman–Crippen MR) is 127 cm³/mol. The van der Waals surface area contributed by atoms with Crippen LogP contribution in [0.15, 0.2) is 73.3 Å². The molecule has 0 aliphatic heterocycles. The third kappa shape index (κ3) is 8.70. The first kappa shape index (κ1) is 25.0. The summed E-state index contributed by atoms with van der Waals surface area (Å²) in [6.45, 7) is 0.914. The number of nitrogens with zero attached hydrogens (tertiary/aromatic N) is 2. The van der Waals surface area contributed by atoms with Crippen molar-refractivity contribution in [3.8, 4) is 0 Å². The monoisotopic (exact) mass is 484 g/mol. The minimum absolute atomic E-state index is 0.0385. The maximum absolute atomic E-state index is 12.8. The maximum Gasteiger partial charge on any atom is 0.408 e. The van der Waals surface area contributed by atoms with Gasteiger partial charge in [-0.3, -0.25) is 4.79 Å². The van der Waals surface area contributed by atoms with Crippen LogP contribution in [0.2, 0.25) is 0 Å². The highest BCUT2D eigenvalue weighted by atomic mass is 32.2. The molecule has 0 aliphatic rings. The second kappa shape index (κ2) is 12.0. The molecule has 0 saturated carbocycles. The zero-order valence-corrected chi connectivity index (χ0v) is 19.7.